The summed E-state index contributed by atoms with van der Waals surface area (Å²) >= 11 is 0. The number of carbonyl (C=O) groups is 1. The van der Waals surface area contributed by atoms with Gasteiger partial charge in [-0.3, -0.25) is 4.79 Å². The second-order valence-corrected chi connectivity index (χ2v) is 8.58. The van der Waals surface area contributed by atoms with E-state index < -0.39 is 17.1 Å². The molecule has 0 bridgehead atoms. The number of ether oxygens (including phenoxy) is 2. The maximum atomic E-state index is 13.4. The maximum absolute atomic E-state index is 13.4. The largest absolute Gasteiger partial charge is 0.496 e. The number of hydrogen-bond acceptors (Lipinski definition) is 5. The molecule has 1 aliphatic carbocycles. The molecule has 0 aromatic heterocycles. The SMILES string of the molecule is C=C(OCC)[C@@]1(O)[C@@H](C)C(=O)c2cc3cccc(OC)c3cc2[C@]1(O)CCC(C)C. The zero-order valence-corrected chi connectivity index (χ0v) is 18.5. The van der Waals surface area contributed by atoms with Crippen LogP contribution >= 0.6 is 0 Å². The van der Waals surface area contributed by atoms with Crippen LogP contribution in [0, 0.1) is 11.8 Å². The van der Waals surface area contributed by atoms with Gasteiger partial charge < -0.3 is 19.7 Å². The van der Waals surface area contributed by atoms with Gasteiger partial charge in [-0.05, 0) is 54.8 Å². The van der Waals surface area contributed by atoms with E-state index in [0.29, 0.717) is 29.2 Å². The van der Waals surface area contributed by atoms with E-state index in [0.717, 1.165) is 10.8 Å². The van der Waals surface area contributed by atoms with Gasteiger partial charge in [0.2, 0.25) is 0 Å². The predicted octanol–water partition coefficient (Wildman–Crippen LogP) is 4.59. The molecule has 162 valence electrons. The van der Waals surface area contributed by atoms with Gasteiger partial charge in [0.15, 0.2) is 11.4 Å². The van der Waals surface area contributed by atoms with Crippen molar-refractivity contribution in [2.24, 2.45) is 11.8 Å². The molecule has 0 spiro atoms. The number of rotatable bonds is 7. The number of carbonyl (C=O) groups excluding carboxylic acids is 1. The van der Waals surface area contributed by atoms with E-state index in [1.165, 1.54) is 0 Å². The van der Waals surface area contributed by atoms with E-state index in [-0.39, 0.29) is 24.6 Å². The third kappa shape index (κ3) is 3.21. The molecule has 0 fully saturated rings. The molecule has 0 amide bonds. The van der Waals surface area contributed by atoms with E-state index in [9.17, 15) is 15.0 Å². The van der Waals surface area contributed by atoms with Crippen molar-refractivity contribution in [1.82, 2.24) is 0 Å². The lowest BCUT2D eigenvalue weighted by atomic mass is 9.60. The van der Waals surface area contributed by atoms with Crippen molar-refractivity contribution in [2.75, 3.05) is 13.7 Å². The minimum atomic E-state index is -1.95. The Labute approximate surface area is 178 Å². The summed E-state index contributed by atoms with van der Waals surface area (Å²) in [5, 5.41) is 25.6. The lowest BCUT2D eigenvalue weighted by molar-refractivity contribution is -0.184. The first kappa shape index (κ1) is 22.3. The van der Waals surface area contributed by atoms with E-state index in [1.807, 2.05) is 18.2 Å². The number of hydrogen-bond donors (Lipinski definition) is 2. The third-order valence-corrected chi connectivity index (χ3v) is 6.39. The van der Waals surface area contributed by atoms with Crippen LogP contribution in [0.1, 0.15) is 56.5 Å². The van der Waals surface area contributed by atoms with Crippen molar-refractivity contribution in [3.05, 3.63) is 53.8 Å². The first-order valence-corrected chi connectivity index (χ1v) is 10.5. The second-order valence-electron chi connectivity index (χ2n) is 8.58. The zero-order chi connectivity index (χ0) is 22.3. The number of ketones is 1. The number of fused-ring (bicyclic) bond motifs is 2. The van der Waals surface area contributed by atoms with E-state index in [2.05, 4.69) is 20.4 Å². The number of Topliss-reactive ketones (excluding diaryl/α,β-unsaturated/α-hetero) is 1. The Morgan fingerprint density at radius 3 is 2.57 bits per heavy atom. The molecule has 3 atom stereocenters. The van der Waals surface area contributed by atoms with Crippen LogP contribution in [0.25, 0.3) is 10.8 Å². The molecular formula is C25H32O5. The van der Waals surface area contributed by atoms with Gasteiger partial charge in [-0.15, -0.1) is 0 Å². The topological polar surface area (TPSA) is 76.0 Å². The molecule has 2 aromatic carbocycles. The highest BCUT2D eigenvalue weighted by molar-refractivity contribution is 6.06. The molecule has 3 rings (SSSR count). The Morgan fingerprint density at radius 1 is 1.27 bits per heavy atom. The lowest BCUT2D eigenvalue weighted by Gasteiger charge is -2.51. The Bertz CT molecular complexity index is 979. The molecule has 30 heavy (non-hydrogen) atoms. The fourth-order valence-corrected chi connectivity index (χ4v) is 4.59. The van der Waals surface area contributed by atoms with Gasteiger partial charge in [-0.2, -0.15) is 0 Å². The van der Waals surface area contributed by atoms with E-state index >= 15 is 0 Å². The summed E-state index contributed by atoms with van der Waals surface area (Å²) in [7, 11) is 1.58. The normalized spacial score (nSPS) is 26.0. The summed E-state index contributed by atoms with van der Waals surface area (Å²) in [5.74, 6) is -0.204. The molecule has 0 saturated heterocycles. The summed E-state index contributed by atoms with van der Waals surface area (Å²) < 4.78 is 11.1. The average Bonchev–Trinajstić information content (AvgIpc) is 2.73. The number of methoxy groups -OCH3 is 1. The predicted molar refractivity (Wildman–Crippen MR) is 118 cm³/mol. The monoisotopic (exact) mass is 412 g/mol. The molecule has 0 saturated carbocycles. The highest BCUT2D eigenvalue weighted by Gasteiger charge is 2.62. The summed E-state index contributed by atoms with van der Waals surface area (Å²) in [6, 6.07) is 9.17. The summed E-state index contributed by atoms with van der Waals surface area (Å²) in [6.07, 6.45) is 0.918. The summed E-state index contributed by atoms with van der Waals surface area (Å²) in [5.41, 5.74) is -2.87. The van der Waals surface area contributed by atoms with Crippen LogP contribution in [0.3, 0.4) is 0 Å². The Balaban J connectivity index is 2.35. The molecule has 1 aliphatic rings. The van der Waals surface area contributed by atoms with Gasteiger partial charge >= 0.3 is 0 Å². The van der Waals surface area contributed by atoms with Crippen molar-refractivity contribution < 1.29 is 24.5 Å². The minimum Gasteiger partial charge on any atom is -0.496 e. The maximum Gasteiger partial charge on any atom is 0.169 e. The average molecular weight is 413 g/mol. The zero-order valence-electron chi connectivity index (χ0n) is 18.5. The van der Waals surface area contributed by atoms with Crippen LogP contribution in [-0.2, 0) is 10.3 Å². The first-order chi connectivity index (χ1) is 14.1. The van der Waals surface area contributed by atoms with E-state index in [4.69, 9.17) is 9.47 Å². The first-order valence-electron chi connectivity index (χ1n) is 10.5. The second kappa shape index (κ2) is 8.05. The third-order valence-electron chi connectivity index (χ3n) is 6.39. The molecular weight excluding hydrogens is 380 g/mol. The van der Waals surface area contributed by atoms with E-state index in [1.54, 1.807) is 33.1 Å². The summed E-state index contributed by atoms with van der Waals surface area (Å²) in [4.78, 5) is 13.4. The molecule has 5 nitrogen and oxygen atoms in total. The number of benzene rings is 2. The number of aliphatic hydroxyl groups is 2. The van der Waals surface area contributed by atoms with Gasteiger partial charge in [0.25, 0.3) is 0 Å². The molecule has 5 heteroatoms. The highest BCUT2D eigenvalue weighted by atomic mass is 16.5. The van der Waals surface area contributed by atoms with Crippen molar-refractivity contribution in [2.45, 2.75) is 51.7 Å². The van der Waals surface area contributed by atoms with Crippen molar-refractivity contribution in [1.29, 1.82) is 0 Å². The smallest absolute Gasteiger partial charge is 0.169 e. The van der Waals surface area contributed by atoms with Crippen molar-refractivity contribution in [3.8, 4) is 5.75 Å². The minimum absolute atomic E-state index is 0.0166. The van der Waals surface area contributed by atoms with Gasteiger partial charge in [0.05, 0.1) is 19.6 Å². The van der Waals surface area contributed by atoms with Gasteiger partial charge in [0.1, 0.15) is 17.1 Å². The molecule has 2 N–H and O–H groups in total. The van der Waals surface area contributed by atoms with Crippen LogP contribution in [0.2, 0.25) is 0 Å². The molecule has 0 aliphatic heterocycles. The fraction of sp³-hybridized carbons (Fsp3) is 0.480. The molecule has 2 aromatic rings. The highest BCUT2D eigenvalue weighted by Crippen LogP contribution is 2.53. The Kier molecular flexibility index (Phi) is 5.99. The van der Waals surface area contributed by atoms with Crippen molar-refractivity contribution >= 4 is 16.6 Å². The standard InChI is InChI=1S/C25H32O5/c1-7-30-17(5)25(28)16(4)23(26)20-13-18-9-8-10-22(29-6)19(18)14-21(20)24(25,27)12-11-15(2)3/h8-10,13-16,27-28H,5,7,11-12H2,1-4,6H3/t16-,24+,25-/m0/s1. The Morgan fingerprint density at radius 2 is 1.97 bits per heavy atom. The van der Waals surface area contributed by atoms with Crippen LogP contribution in [0.15, 0.2) is 42.7 Å². The molecule has 0 radical (unpaired) electrons. The molecule has 0 unspecified atom stereocenters. The van der Waals surface area contributed by atoms with Crippen LogP contribution in [0.5, 0.6) is 5.75 Å². The van der Waals surface area contributed by atoms with Crippen LogP contribution < -0.4 is 4.74 Å². The fourth-order valence-electron chi connectivity index (χ4n) is 4.59. The Hall–Kier alpha value is -2.37. The molecule has 0 heterocycles. The summed E-state index contributed by atoms with van der Waals surface area (Å²) in [6.45, 7) is 11.7. The van der Waals surface area contributed by atoms with Crippen LogP contribution in [-0.4, -0.2) is 35.3 Å². The van der Waals surface area contributed by atoms with Gasteiger partial charge in [-0.1, -0.05) is 39.5 Å². The van der Waals surface area contributed by atoms with Crippen LogP contribution in [0.4, 0.5) is 0 Å². The van der Waals surface area contributed by atoms with Gasteiger partial charge in [-0.25, -0.2) is 0 Å². The quantitative estimate of drug-likeness (QED) is 0.651. The van der Waals surface area contributed by atoms with Crippen molar-refractivity contribution in [3.63, 3.8) is 0 Å². The lowest BCUT2D eigenvalue weighted by Crippen LogP contribution is -2.62. The van der Waals surface area contributed by atoms with Gasteiger partial charge in [0, 0.05) is 10.9 Å².